The Morgan fingerprint density at radius 3 is 2.35 bits per heavy atom. The molecule has 140 valence electrons. The summed E-state index contributed by atoms with van der Waals surface area (Å²) >= 11 is 0. The number of hydrogen-bond donors (Lipinski definition) is 6. The van der Waals surface area contributed by atoms with Gasteiger partial charge in [0.2, 0.25) is 5.91 Å². The van der Waals surface area contributed by atoms with Crippen LogP contribution in [0.4, 0.5) is 0 Å². The van der Waals surface area contributed by atoms with Crippen LogP contribution in [-0.4, -0.2) is 56.0 Å². The van der Waals surface area contributed by atoms with Crippen molar-refractivity contribution < 1.29 is 34.8 Å². The number of amides is 1. The zero-order chi connectivity index (χ0) is 19.2. The fraction of sp³-hybridized carbons (Fsp3) is 0.471. The van der Waals surface area contributed by atoms with Crippen molar-refractivity contribution in [3.63, 3.8) is 0 Å². The smallest absolute Gasteiger partial charge is 0.329 e. The van der Waals surface area contributed by atoms with E-state index in [4.69, 9.17) is 5.73 Å². The fourth-order valence-corrected chi connectivity index (χ4v) is 4.08. The molecule has 1 aromatic rings. The average Bonchev–Trinajstić information content (AvgIpc) is 3.26. The van der Waals surface area contributed by atoms with Crippen LogP contribution in [0.2, 0.25) is 0 Å². The van der Waals surface area contributed by atoms with Gasteiger partial charge in [-0.15, -0.1) is 0 Å². The molecule has 0 spiro atoms. The summed E-state index contributed by atoms with van der Waals surface area (Å²) in [5, 5.41) is 40.5. The molecule has 3 rings (SSSR count). The van der Waals surface area contributed by atoms with Crippen molar-refractivity contribution in [2.45, 2.75) is 30.5 Å². The highest BCUT2D eigenvalue weighted by atomic mass is 16.4. The SMILES string of the molecule is N[C@@H](Cc1ccc(O)cc1)C(=O)N[C@@]1(C(=O)O)C[C@H](O)[C@H]2[C@H](C(=O)O)[C@H]21. The second kappa shape index (κ2) is 6.26. The number of aliphatic hydroxyl groups is 1. The number of fused-ring (bicyclic) bond motifs is 1. The summed E-state index contributed by atoms with van der Waals surface area (Å²) in [6.45, 7) is 0. The largest absolute Gasteiger partial charge is 0.508 e. The zero-order valence-corrected chi connectivity index (χ0v) is 13.7. The van der Waals surface area contributed by atoms with Gasteiger partial charge in [0.1, 0.15) is 11.3 Å². The topological polar surface area (TPSA) is 170 Å². The third kappa shape index (κ3) is 2.89. The van der Waals surface area contributed by atoms with Gasteiger partial charge >= 0.3 is 11.9 Å². The van der Waals surface area contributed by atoms with Crippen molar-refractivity contribution >= 4 is 17.8 Å². The number of rotatable bonds is 6. The van der Waals surface area contributed by atoms with Crippen LogP contribution < -0.4 is 11.1 Å². The molecule has 1 amide bonds. The van der Waals surface area contributed by atoms with Crippen molar-refractivity contribution in [2.75, 3.05) is 0 Å². The number of nitrogens with one attached hydrogen (secondary N) is 1. The maximum absolute atomic E-state index is 12.4. The Hall–Kier alpha value is -2.65. The first kappa shape index (κ1) is 18.2. The summed E-state index contributed by atoms with van der Waals surface area (Å²) in [6.07, 6.45) is -1.24. The lowest BCUT2D eigenvalue weighted by Gasteiger charge is -2.30. The molecule has 0 saturated heterocycles. The molecular weight excluding hydrogens is 344 g/mol. The molecule has 0 bridgehead atoms. The van der Waals surface area contributed by atoms with E-state index in [0.29, 0.717) is 5.56 Å². The molecule has 0 aliphatic heterocycles. The van der Waals surface area contributed by atoms with E-state index in [-0.39, 0.29) is 18.6 Å². The van der Waals surface area contributed by atoms with E-state index >= 15 is 0 Å². The van der Waals surface area contributed by atoms with Crippen LogP contribution in [0.15, 0.2) is 24.3 Å². The second-order valence-electron chi connectivity index (χ2n) is 6.98. The van der Waals surface area contributed by atoms with Gasteiger partial charge in [-0.2, -0.15) is 0 Å². The Morgan fingerprint density at radius 2 is 1.85 bits per heavy atom. The molecule has 0 aromatic heterocycles. The minimum atomic E-state index is -1.84. The van der Waals surface area contributed by atoms with Crippen LogP contribution in [0.25, 0.3) is 0 Å². The highest BCUT2D eigenvalue weighted by molar-refractivity contribution is 5.92. The predicted molar refractivity (Wildman–Crippen MR) is 87.0 cm³/mol. The molecule has 9 heteroatoms. The molecule has 0 unspecified atom stereocenters. The van der Waals surface area contributed by atoms with Gasteiger partial charge in [-0.05, 0) is 24.1 Å². The predicted octanol–water partition coefficient (Wildman–Crippen LogP) is -1.09. The highest BCUT2D eigenvalue weighted by Crippen LogP contribution is 2.62. The Bertz CT molecular complexity index is 750. The summed E-state index contributed by atoms with van der Waals surface area (Å²) in [5.41, 5.74) is 4.70. The summed E-state index contributed by atoms with van der Waals surface area (Å²) in [4.78, 5) is 35.5. The summed E-state index contributed by atoms with van der Waals surface area (Å²) in [5.74, 6) is -5.77. The van der Waals surface area contributed by atoms with Crippen molar-refractivity contribution in [1.82, 2.24) is 5.32 Å². The number of carboxylic acid groups (broad SMARTS) is 2. The van der Waals surface area contributed by atoms with E-state index in [9.17, 15) is 34.8 Å². The molecule has 0 radical (unpaired) electrons. The van der Waals surface area contributed by atoms with E-state index in [1.165, 1.54) is 12.1 Å². The van der Waals surface area contributed by atoms with Crippen LogP contribution in [0.1, 0.15) is 12.0 Å². The second-order valence-corrected chi connectivity index (χ2v) is 6.98. The first-order chi connectivity index (χ1) is 12.2. The first-order valence-electron chi connectivity index (χ1n) is 8.17. The first-order valence-corrected chi connectivity index (χ1v) is 8.17. The van der Waals surface area contributed by atoms with Crippen molar-refractivity contribution in [1.29, 1.82) is 0 Å². The number of phenols is 1. The number of aliphatic carboxylic acids is 2. The third-order valence-electron chi connectivity index (χ3n) is 5.36. The number of carbonyl (C=O) groups is 3. The molecule has 0 heterocycles. The number of nitrogens with two attached hydrogens (primary N) is 1. The number of aromatic hydroxyl groups is 1. The number of carbonyl (C=O) groups excluding carboxylic acids is 1. The fourth-order valence-electron chi connectivity index (χ4n) is 4.08. The number of phenolic OH excluding ortho intramolecular Hbond substituents is 1. The lowest BCUT2D eigenvalue weighted by atomic mass is 9.89. The van der Waals surface area contributed by atoms with E-state index in [0.717, 1.165) is 0 Å². The quantitative estimate of drug-likeness (QED) is 0.370. The summed E-state index contributed by atoms with van der Waals surface area (Å²) < 4.78 is 0. The van der Waals surface area contributed by atoms with Gasteiger partial charge in [-0.1, -0.05) is 12.1 Å². The van der Waals surface area contributed by atoms with E-state index in [1.807, 2.05) is 0 Å². The molecule has 2 fully saturated rings. The normalized spacial score (nSPS) is 33.2. The Morgan fingerprint density at radius 1 is 1.23 bits per heavy atom. The molecule has 7 N–H and O–H groups in total. The van der Waals surface area contributed by atoms with Crippen LogP contribution in [0.3, 0.4) is 0 Å². The number of carboxylic acids is 2. The van der Waals surface area contributed by atoms with E-state index in [1.54, 1.807) is 12.1 Å². The molecule has 2 aliphatic carbocycles. The average molecular weight is 364 g/mol. The number of hydrogen-bond acceptors (Lipinski definition) is 6. The monoisotopic (exact) mass is 364 g/mol. The number of benzene rings is 1. The Labute approximate surface area is 148 Å². The van der Waals surface area contributed by atoms with Crippen molar-refractivity contribution in [3.05, 3.63) is 29.8 Å². The summed E-state index contributed by atoms with van der Waals surface area (Å²) in [6, 6.07) is 5.00. The zero-order valence-electron chi connectivity index (χ0n) is 13.7. The molecule has 1 aromatic carbocycles. The molecule has 2 aliphatic rings. The van der Waals surface area contributed by atoms with Crippen molar-refractivity contribution in [3.8, 4) is 5.75 Å². The minimum Gasteiger partial charge on any atom is -0.508 e. The lowest BCUT2D eigenvalue weighted by Crippen LogP contribution is -2.60. The molecule has 9 nitrogen and oxygen atoms in total. The maximum Gasteiger partial charge on any atom is 0.329 e. The van der Waals surface area contributed by atoms with Crippen LogP contribution in [-0.2, 0) is 20.8 Å². The molecule has 6 atom stereocenters. The molecular formula is C17H20N2O7. The minimum absolute atomic E-state index is 0.0658. The van der Waals surface area contributed by atoms with Crippen LogP contribution >= 0.6 is 0 Å². The van der Waals surface area contributed by atoms with E-state index in [2.05, 4.69) is 5.32 Å². The van der Waals surface area contributed by atoms with Gasteiger partial charge in [0.15, 0.2) is 0 Å². The van der Waals surface area contributed by atoms with Crippen LogP contribution in [0, 0.1) is 17.8 Å². The summed E-state index contributed by atoms with van der Waals surface area (Å²) in [7, 11) is 0. The lowest BCUT2D eigenvalue weighted by molar-refractivity contribution is -0.150. The van der Waals surface area contributed by atoms with Gasteiger partial charge < -0.3 is 31.5 Å². The van der Waals surface area contributed by atoms with Gasteiger partial charge in [0.05, 0.1) is 18.1 Å². The molecule has 2 saturated carbocycles. The Balaban J connectivity index is 1.74. The van der Waals surface area contributed by atoms with E-state index < -0.39 is 53.3 Å². The third-order valence-corrected chi connectivity index (χ3v) is 5.36. The van der Waals surface area contributed by atoms with Gasteiger partial charge in [-0.3, -0.25) is 9.59 Å². The van der Waals surface area contributed by atoms with Gasteiger partial charge in [-0.25, -0.2) is 4.79 Å². The standard InChI is InChI=1S/C17H20N2O7/c18-9(5-7-1-3-8(20)4-2-7)14(22)19-17(16(25)26)6-10(21)11-12(13(11)17)15(23)24/h1-4,9-13,20-21H,5-6,18H2,(H,19,22)(H,23,24)(H,25,26)/t9-,10-,11-,12-,13-,17-/m0/s1. The highest BCUT2D eigenvalue weighted by Gasteiger charge is 2.75. The number of aliphatic hydroxyl groups excluding tert-OH is 1. The molecule has 26 heavy (non-hydrogen) atoms. The van der Waals surface area contributed by atoms with Crippen molar-refractivity contribution in [2.24, 2.45) is 23.5 Å². The van der Waals surface area contributed by atoms with Gasteiger partial charge in [0, 0.05) is 18.3 Å². The van der Waals surface area contributed by atoms with Gasteiger partial charge in [0.25, 0.3) is 0 Å². The van der Waals surface area contributed by atoms with Crippen LogP contribution in [0.5, 0.6) is 5.75 Å². The maximum atomic E-state index is 12.4. The Kier molecular flexibility index (Phi) is 4.37.